The first kappa shape index (κ1) is 24.8. The average Bonchev–Trinajstić information content (AvgIpc) is 3.11. The molecule has 0 spiro atoms. The van der Waals surface area contributed by atoms with Gasteiger partial charge in [-0.25, -0.2) is 4.39 Å². The van der Waals surface area contributed by atoms with Gasteiger partial charge in [0.1, 0.15) is 30.6 Å². The number of amides is 2. The van der Waals surface area contributed by atoms with Crippen molar-refractivity contribution in [3.8, 4) is 0 Å². The van der Waals surface area contributed by atoms with Gasteiger partial charge in [-0.3, -0.25) is 14.5 Å². The molecule has 7 atom stereocenters. The molecular formula is C23H40FN4O5+. The zero-order valence-corrected chi connectivity index (χ0v) is 19.4. The summed E-state index contributed by atoms with van der Waals surface area (Å²) in [7, 11) is 0. The summed E-state index contributed by atoms with van der Waals surface area (Å²) in [5.74, 6) is -0.686. The monoisotopic (exact) mass is 471 g/mol. The Morgan fingerprint density at radius 3 is 2.45 bits per heavy atom. The number of piperidine rings is 1. The number of halogens is 1. The lowest BCUT2D eigenvalue weighted by Gasteiger charge is -2.39. The quantitative estimate of drug-likeness (QED) is 0.384. The van der Waals surface area contributed by atoms with E-state index >= 15 is 0 Å². The molecule has 3 saturated heterocycles. The number of hydrogen-bond acceptors (Lipinski definition) is 6. The number of aliphatic hydroxyl groups excluding tert-OH is 2. The van der Waals surface area contributed by atoms with E-state index < -0.39 is 30.6 Å². The van der Waals surface area contributed by atoms with Gasteiger partial charge in [0, 0.05) is 45.1 Å². The molecule has 0 aromatic carbocycles. The standard InChI is InChI=1S/C23H39FN4O5/c24-16-5-3-4-15(12-16)23(32)26-14-18-22(31)21(30)17(33-18)13-20(29)28-10-8-27(9-11-28)19-6-1-2-7-25-19/h15-19,21-22,25,30-31H,1-14H2,(H,26,32)/p+1/t15?,16?,17-,18-,19?,21+,22-/m1/s1. The fourth-order valence-electron chi connectivity index (χ4n) is 5.74. The van der Waals surface area contributed by atoms with E-state index in [1.807, 2.05) is 4.90 Å². The molecule has 0 aromatic heterocycles. The highest BCUT2D eigenvalue weighted by atomic mass is 19.1. The minimum absolute atomic E-state index is 0.00435. The van der Waals surface area contributed by atoms with Crippen molar-refractivity contribution in [1.29, 1.82) is 0 Å². The Kier molecular flexibility index (Phi) is 8.56. The van der Waals surface area contributed by atoms with Gasteiger partial charge in [0.05, 0.1) is 19.1 Å². The van der Waals surface area contributed by atoms with Gasteiger partial charge in [0.2, 0.25) is 11.8 Å². The minimum atomic E-state index is -1.18. The fourth-order valence-corrected chi connectivity index (χ4v) is 5.74. The Bertz CT molecular complexity index is 671. The van der Waals surface area contributed by atoms with E-state index in [0.29, 0.717) is 38.5 Å². The van der Waals surface area contributed by atoms with Crippen LogP contribution in [0.15, 0.2) is 0 Å². The molecule has 3 unspecified atom stereocenters. The largest absolute Gasteiger partial charge is 0.388 e. The van der Waals surface area contributed by atoms with Crippen molar-refractivity contribution in [2.45, 2.75) is 88.1 Å². The number of hydrogen-bond donors (Lipinski definition) is 4. The number of nitrogens with two attached hydrogens (primary N) is 1. The molecule has 4 fully saturated rings. The van der Waals surface area contributed by atoms with Crippen LogP contribution in [0.2, 0.25) is 0 Å². The van der Waals surface area contributed by atoms with Crippen LogP contribution in [-0.4, -0.2) is 108 Å². The number of alkyl halides is 1. The number of ether oxygens (including phenoxy) is 1. The van der Waals surface area contributed by atoms with Crippen LogP contribution < -0.4 is 10.6 Å². The SMILES string of the molecule is O=C(NC[C@H]1O[C@H](CC(=O)N2CCN(C3CCCC[NH2+]3)CC2)[C@H](O)[C@@H]1O)C1CCCC(F)C1. The Balaban J connectivity index is 1.20. The van der Waals surface area contributed by atoms with Crippen LogP contribution in [0.1, 0.15) is 51.4 Å². The molecule has 0 radical (unpaired) electrons. The van der Waals surface area contributed by atoms with Crippen LogP contribution in [0.25, 0.3) is 0 Å². The van der Waals surface area contributed by atoms with Gasteiger partial charge < -0.3 is 30.5 Å². The maximum absolute atomic E-state index is 13.6. The third-order valence-electron chi connectivity index (χ3n) is 7.82. The fraction of sp³-hybridized carbons (Fsp3) is 0.913. The van der Waals surface area contributed by atoms with Crippen LogP contribution in [0.5, 0.6) is 0 Å². The van der Waals surface area contributed by atoms with Crippen molar-refractivity contribution >= 4 is 11.8 Å². The third-order valence-corrected chi connectivity index (χ3v) is 7.82. The molecule has 5 N–H and O–H groups in total. The highest BCUT2D eigenvalue weighted by Crippen LogP contribution is 2.27. The van der Waals surface area contributed by atoms with Crippen LogP contribution >= 0.6 is 0 Å². The van der Waals surface area contributed by atoms with Crippen molar-refractivity contribution in [1.82, 2.24) is 15.1 Å². The number of quaternary nitrogens is 1. The summed E-state index contributed by atoms with van der Waals surface area (Å²) in [5, 5.41) is 25.9. The number of nitrogens with one attached hydrogen (secondary N) is 1. The highest BCUT2D eigenvalue weighted by Gasteiger charge is 2.44. The molecule has 10 heteroatoms. The van der Waals surface area contributed by atoms with Crippen LogP contribution in [0.3, 0.4) is 0 Å². The second-order valence-electron chi connectivity index (χ2n) is 10.1. The first-order valence-electron chi connectivity index (χ1n) is 12.7. The number of carbonyl (C=O) groups is 2. The van der Waals surface area contributed by atoms with Gasteiger partial charge in [0.25, 0.3) is 0 Å². The summed E-state index contributed by atoms with van der Waals surface area (Å²) in [4.78, 5) is 29.4. The molecule has 2 amide bonds. The first-order valence-corrected chi connectivity index (χ1v) is 12.7. The molecule has 4 rings (SSSR count). The van der Waals surface area contributed by atoms with E-state index in [1.165, 1.54) is 25.8 Å². The van der Waals surface area contributed by atoms with Gasteiger partial charge in [-0.1, -0.05) is 0 Å². The second-order valence-corrected chi connectivity index (χ2v) is 10.1. The molecule has 188 valence electrons. The van der Waals surface area contributed by atoms with E-state index in [2.05, 4.69) is 15.5 Å². The van der Waals surface area contributed by atoms with Gasteiger partial charge in [-0.05, 0) is 38.5 Å². The molecule has 3 heterocycles. The Labute approximate surface area is 195 Å². The van der Waals surface area contributed by atoms with Gasteiger partial charge in [-0.2, -0.15) is 0 Å². The normalized spacial score (nSPS) is 38.3. The molecular weight excluding hydrogens is 431 g/mol. The van der Waals surface area contributed by atoms with E-state index in [4.69, 9.17) is 4.74 Å². The Hall–Kier alpha value is -1.33. The minimum Gasteiger partial charge on any atom is -0.388 e. The highest BCUT2D eigenvalue weighted by molar-refractivity contribution is 5.79. The van der Waals surface area contributed by atoms with E-state index in [-0.39, 0.29) is 37.1 Å². The van der Waals surface area contributed by atoms with Crippen molar-refractivity contribution in [3.63, 3.8) is 0 Å². The summed E-state index contributed by atoms with van der Waals surface area (Å²) >= 11 is 0. The second kappa shape index (κ2) is 11.4. The van der Waals surface area contributed by atoms with Crippen molar-refractivity contribution in [2.24, 2.45) is 5.92 Å². The maximum Gasteiger partial charge on any atom is 0.225 e. The number of carbonyl (C=O) groups excluding carboxylic acids is 2. The predicted molar refractivity (Wildman–Crippen MR) is 118 cm³/mol. The molecule has 1 aliphatic carbocycles. The lowest BCUT2D eigenvalue weighted by Crippen LogP contribution is -2.95. The third kappa shape index (κ3) is 6.22. The lowest BCUT2D eigenvalue weighted by molar-refractivity contribution is -0.717. The van der Waals surface area contributed by atoms with E-state index in [1.54, 1.807) is 0 Å². The van der Waals surface area contributed by atoms with Gasteiger partial charge in [-0.15, -0.1) is 0 Å². The topological polar surface area (TPSA) is 119 Å². The van der Waals surface area contributed by atoms with Crippen LogP contribution in [-0.2, 0) is 14.3 Å². The molecule has 0 bridgehead atoms. The number of rotatable bonds is 6. The number of aliphatic hydroxyl groups is 2. The zero-order valence-electron chi connectivity index (χ0n) is 19.4. The lowest BCUT2D eigenvalue weighted by atomic mass is 9.87. The first-order chi connectivity index (χ1) is 15.9. The smallest absolute Gasteiger partial charge is 0.225 e. The molecule has 4 aliphatic rings. The summed E-state index contributed by atoms with van der Waals surface area (Å²) < 4.78 is 19.3. The molecule has 9 nitrogen and oxygen atoms in total. The van der Waals surface area contributed by atoms with Crippen LogP contribution in [0, 0.1) is 5.92 Å². The van der Waals surface area contributed by atoms with Crippen LogP contribution in [0.4, 0.5) is 4.39 Å². The number of nitrogens with zero attached hydrogens (tertiary/aromatic N) is 2. The van der Waals surface area contributed by atoms with E-state index in [9.17, 15) is 24.2 Å². The predicted octanol–water partition coefficient (Wildman–Crippen LogP) is -1.27. The van der Waals surface area contributed by atoms with Gasteiger partial charge in [0.15, 0.2) is 0 Å². The Morgan fingerprint density at radius 1 is 1.00 bits per heavy atom. The summed E-state index contributed by atoms with van der Waals surface area (Å²) in [6.45, 7) is 4.21. The summed E-state index contributed by atoms with van der Waals surface area (Å²) in [5.41, 5.74) is 0. The summed E-state index contributed by atoms with van der Waals surface area (Å²) in [6.07, 6.45) is 1.45. The zero-order chi connectivity index (χ0) is 23.4. The Morgan fingerprint density at radius 2 is 1.76 bits per heavy atom. The summed E-state index contributed by atoms with van der Waals surface area (Å²) in [6, 6.07) is 0. The molecule has 1 saturated carbocycles. The van der Waals surface area contributed by atoms with Gasteiger partial charge >= 0.3 is 0 Å². The van der Waals surface area contributed by atoms with E-state index in [0.717, 1.165) is 13.1 Å². The number of piperazine rings is 1. The molecule has 0 aromatic rings. The molecule has 33 heavy (non-hydrogen) atoms. The van der Waals surface area contributed by atoms with Crippen molar-refractivity contribution < 1.29 is 34.2 Å². The maximum atomic E-state index is 13.6. The molecule has 3 aliphatic heterocycles. The average molecular weight is 472 g/mol. The van der Waals surface area contributed by atoms with Crippen molar-refractivity contribution in [2.75, 3.05) is 39.3 Å². The van der Waals surface area contributed by atoms with Crippen molar-refractivity contribution in [3.05, 3.63) is 0 Å².